The molecule has 5 aromatic rings. The number of benzene rings is 2. The number of nitrogens with one attached hydrogen (secondary N) is 2. The minimum Gasteiger partial charge on any atom is -0.350 e. The van der Waals surface area contributed by atoms with E-state index in [2.05, 4.69) is 10.1 Å². The smallest absolute Gasteiger partial charge is 0.287 e. The molecule has 1 atom stereocenters. The van der Waals surface area contributed by atoms with E-state index in [4.69, 9.17) is 11.6 Å². The molecule has 6 nitrogen and oxygen atoms in total. The van der Waals surface area contributed by atoms with Crippen molar-refractivity contribution in [3.8, 4) is 0 Å². The Hall–Kier alpha value is -3.16. The van der Waals surface area contributed by atoms with E-state index in [9.17, 15) is 14.4 Å². The minimum absolute atomic E-state index is 0.0467. The van der Waals surface area contributed by atoms with Crippen molar-refractivity contribution < 1.29 is 0 Å². The molecule has 0 radical (unpaired) electrons. The third-order valence-electron chi connectivity index (χ3n) is 5.09. The molecular weight excluding hydrogens is 410 g/mol. The maximum Gasteiger partial charge on any atom is 0.287 e. The molecule has 2 aromatic carbocycles. The Balaban J connectivity index is 1.80. The van der Waals surface area contributed by atoms with Gasteiger partial charge in [-0.1, -0.05) is 29.8 Å². The number of fused-ring (bicyclic) bond motifs is 3. The summed E-state index contributed by atoms with van der Waals surface area (Å²) in [6.45, 7) is 1.82. The highest BCUT2D eigenvalue weighted by molar-refractivity contribution is 7.19. The van der Waals surface area contributed by atoms with Crippen molar-refractivity contribution in [2.24, 2.45) is 0 Å². The third kappa shape index (κ3) is 2.73. The van der Waals surface area contributed by atoms with E-state index in [1.165, 1.54) is 4.68 Å². The van der Waals surface area contributed by atoms with Crippen molar-refractivity contribution in [2.45, 2.75) is 13.0 Å². The summed E-state index contributed by atoms with van der Waals surface area (Å²) < 4.78 is 2.32. The van der Waals surface area contributed by atoms with Crippen LogP contribution in [0.5, 0.6) is 0 Å². The highest BCUT2D eigenvalue weighted by Gasteiger charge is 2.19. The fourth-order valence-electron chi connectivity index (χ4n) is 3.58. The standard InChI is InChI=1S/C21H14ClN3O3S/c1-10(16-8-11-4-2-3-5-15(11)29-16)25-21(28)17-18(20(27)24-25)23-14-9-12(22)6-7-13(14)19(17)26/h2-10H,1H3,(H,23,26)(H,24,27). The molecule has 3 aromatic heterocycles. The van der Waals surface area contributed by atoms with Gasteiger partial charge < -0.3 is 4.98 Å². The van der Waals surface area contributed by atoms with Gasteiger partial charge in [0.1, 0.15) is 10.9 Å². The molecule has 1 unspecified atom stereocenters. The zero-order chi connectivity index (χ0) is 20.3. The van der Waals surface area contributed by atoms with E-state index in [0.717, 1.165) is 15.0 Å². The second-order valence-corrected chi connectivity index (χ2v) is 8.42. The Bertz CT molecular complexity index is 1580. The Morgan fingerprint density at radius 1 is 1.07 bits per heavy atom. The molecule has 0 fully saturated rings. The van der Waals surface area contributed by atoms with Crippen molar-refractivity contribution in [3.05, 3.63) is 89.4 Å². The van der Waals surface area contributed by atoms with Gasteiger partial charge in [0.2, 0.25) is 5.43 Å². The van der Waals surface area contributed by atoms with Crippen LogP contribution in [0.15, 0.2) is 62.9 Å². The second-order valence-electron chi connectivity index (χ2n) is 6.87. The van der Waals surface area contributed by atoms with Gasteiger partial charge >= 0.3 is 0 Å². The number of aromatic nitrogens is 3. The molecule has 0 bridgehead atoms. The third-order valence-corrected chi connectivity index (χ3v) is 6.61. The van der Waals surface area contributed by atoms with Crippen LogP contribution in [0.4, 0.5) is 0 Å². The van der Waals surface area contributed by atoms with Crippen LogP contribution in [0, 0.1) is 0 Å². The lowest BCUT2D eigenvalue weighted by Crippen LogP contribution is -2.35. The average Bonchev–Trinajstić information content (AvgIpc) is 3.14. The monoisotopic (exact) mass is 423 g/mol. The van der Waals surface area contributed by atoms with E-state index >= 15 is 0 Å². The van der Waals surface area contributed by atoms with Crippen LogP contribution in [-0.4, -0.2) is 14.8 Å². The first kappa shape index (κ1) is 17.9. The number of H-pyrrole nitrogens is 2. The van der Waals surface area contributed by atoms with Crippen LogP contribution in [-0.2, 0) is 0 Å². The molecule has 0 amide bonds. The quantitative estimate of drug-likeness (QED) is 0.420. The van der Waals surface area contributed by atoms with Crippen LogP contribution in [0.1, 0.15) is 17.8 Å². The van der Waals surface area contributed by atoms with Crippen LogP contribution < -0.4 is 16.5 Å². The lowest BCUT2D eigenvalue weighted by atomic mass is 10.1. The van der Waals surface area contributed by atoms with Gasteiger partial charge in [0, 0.05) is 20.0 Å². The number of aromatic amines is 2. The van der Waals surface area contributed by atoms with E-state index in [1.807, 2.05) is 37.3 Å². The molecule has 8 heteroatoms. The zero-order valence-corrected chi connectivity index (χ0v) is 16.7. The maximum atomic E-state index is 13.2. The molecule has 0 aliphatic heterocycles. The average molecular weight is 424 g/mol. The summed E-state index contributed by atoms with van der Waals surface area (Å²) in [6.07, 6.45) is 0. The summed E-state index contributed by atoms with van der Waals surface area (Å²) in [5.74, 6) is 0. The van der Waals surface area contributed by atoms with Gasteiger partial charge in [0.15, 0.2) is 0 Å². The number of hydrogen-bond donors (Lipinski definition) is 2. The number of nitrogens with zero attached hydrogens (tertiary/aromatic N) is 1. The number of thiophene rings is 1. The van der Waals surface area contributed by atoms with Crippen LogP contribution in [0.2, 0.25) is 5.02 Å². The van der Waals surface area contributed by atoms with Gasteiger partial charge in [0.25, 0.3) is 11.1 Å². The van der Waals surface area contributed by atoms with Crippen molar-refractivity contribution in [1.82, 2.24) is 14.8 Å². The Labute approximate surface area is 172 Å². The summed E-state index contributed by atoms with van der Waals surface area (Å²) in [7, 11) is 0. The predicted octanol–water partition coefficient (Wildman–Crippen LogP) is 4.01. The SMILES string of the molecule is CC(c1cc2ccccc2s1)n1[nH]c(=O)c2[nH]c3cc(Cl)ccc3c(=O)c2c1=O. The van der Waals surface area contributed by atoms with Crippen molar-refractivity contribution in [2.75, 3.05) is 0 Å². The van der Waals surface area contributed by atoms with Gasteiger partial charge in [0.05, 0.1) is 11.6 Å². The topological polar surface area (TPSA) is 87.7 Å². The van der Waals surface area contributed by atoms with Gasteiger partial charge in [-0.2, -0.15) is 0 Å². The fourth-order valence-corrected chi connectivity index (χ4v) is 4.86. The normalized spacial score (nSPS) is 12.8. The predicted molar refractivity (Wildman–Crippen MR) is 118 cm³/mol. The van der Waals surface area contributed by atoms with E-state index in [1.54, 1.807) is 29.5 Å². The lowest BCUT2D eigenvalue weighted by Gasteiger charge is -2.14. The number of pyridine rings is 1. The first-order valence-corrected chi connectivity index (χ1v) is 10.1. The molecule has 0 saturated heterocycles. The highest BCUT2D eigenvalue weighted by Crippen LogP contribution is 2.30. The van der Waals surface area contributed by atoms with Gasteiger partial charge in [-0.25, -0.2) is 4.68 Å². The van der Waals surface area contributed by atoms with Crippen LogP contribution in [0.25, 0.3) is 31.9 Å². The maximum absolute atomic E-state index is 13.2. The number of rotatable bonds is 2. The van der Waals surface area contributed by atoms with Crippen LogP contribution >= 0.6 is 22.9 Å². The summed E-state index contributed by atoms with van der Waals surface area (Å²) in [6, 6.07) is 14.2. The Morgan fingerprint density at radius 3 is 2.66 bits per heavy atom. The van der Waals surface area contributed by atoms with E-state index in [-0.39, 0.29) is 10.9 Å². The Kier molecular flexibility index (Phi) is 3.97. The molecule has 0 aliphatic rings. The largest absolute Gasteiger partial charge is 0.350 e. The first-order valence-electron chi connectivity index (χ1n) is 8.92. The van der Waals surface area contributed by atoms with Gasteiger partial charge in [-0.15, -0.1) is 11.3 Å². The summed E-state index contributed by atoms with van der Waals surface area (Å²) in [5.41, 5.74) is -1.20. The molecule has 29 heavy (non-hydrogen) atoms. The fraction of sp³-hybridized carbons (Fsp3) is 0.0952. The summed E-state index contributed by atoms with van der Waals surface area (Å²) >= 11 is 7.53. The molecule has 5 rings (SSSR count). The summed E-state index contributed by atoms with van der Waals surface area (Å²) in [5, 5.41) is 4.27. The minimum atomic E-state index is -0.539. The van der Waals surface area contributed by atoms with Crippen molar-refractivity contribution in [1.29, 1.82) is 0 Å². The molecule has 0 saturated carbocycles. The van der Waals surface area contributed by atoms with Gasteiger partial charge in [-0.3, -0.25) is 19.5 Å². The van der Waals surface area contributed by atoms with E-state index in [0.29, 0.717) is 15.9 Å². The summed E-state index contributed by atoms with van der Waals surface area (Å²) in [4.78, 5) is 42.7. The molecular formula is C21H14ClN3O3S. The zero-order valence-electron chi connectivity index (χ0n) is 15.2. The number of hydrogen-bond acceptors (Lipinski definition) is 4. The van der Waals surface area contributed by atoms with Crippen molar-refractivity contribution >= 4 is 54.8 Å². The molecule has 2 N–H and O–H groups in total. The second kappa shape index (κ2) is 6.43. The molecule has 0 spiro atoms. The first-order chi connectivity index (χ1) is 13.9. The Morgan fingerprint density at radius 2 is 1.86 bits per heavy atom. The molecule has 0 aliphatic carbocycles. The number of halogens is 1. The van der Waals surface area contributed by atoms with Crippen LogP contribution in [0.3, 0.4) is 0 Å². The van der Waals surface area contributed by atoms with Crippen molar-refractivity contribution in [3.63, 3.8) is 0 Å². The lowest BCUT2D eigenvalue weighted by molar-refractivity contribution is 0.537. The molecule has 144 valence electrons. The highest BCUT2D eigenvalue weighted by atomic mass is 35.5. The molecule has 3 heterocycles. The van der Waals surface area contributed by atoms with Gasteiger partial charge in [-0.05, 0) is 42.6 Å². The van der Waals surface area contributed by atoms with E-state index < -0.39 is 22.6 Å².